The van der Waals surface area contributed by atoms with Gasteiger partial charge in [-0.25, -0.2) is 9.97 Å². The number of fused-ring (bicyclic) bond motifs is 2. The first-order valence-corrected chi connectivity index (χ1v) is 9.29. The van der Waals surface area contributed by atoms with Crippen molar-refractivity contribution in [2.45, 2.75) is 0 Å². The van der Waals surface area contributed by atoms with Crippen LogP contribution in [0, 0.1) is 0 Å². The number of nitrogens with one attached hydrogen (secondary N) is 1. The number of thiazole rings is 1. The lowest BCUT2D eigenvalue weighted by Gasteiger charge is -2.02. The van der Waals surface area contributed by atoms with Crippen molar-refractivity contribution in [2.75, 3.05) is 5.32 Å². The van der Waals surface area contributed by atoms with E-state index in [0.717, 1.165) is 27.1 Å². The van der Waals surface area contributed by atoms with Crippen molar-refractivity contribution >= 4 is 38.2 Å². The zero-order chi connectivity index (χ0) is 18.2. The zero-order valence-electron chi connectivity index (χ0n) is 14.2. The van der Waals surface area contributed by atoms with Gasteiger partial charge in [0.05, 0.1) is 15.9 Å². The summed E-state index contributed by atoms with van der Waals surface area (Å²) in [5.74, 6) is -0.194. The van der Waals surface area contributed by atoms with Crippen LogP contribution in [0.15, 0.2) is 79.1 Å². The average molecular weight is 370 g/mol. The summed E-state index contributed by atoms with van der Waals surface area (Å²) in [6.07, 6.45) is 3.81. The van der Waals surface area contributed by atoms with E-state index in [1.54, 1.807) is 12.1 Å². The number of hydrogen-bond donors (Lipinski definition) is 1. The Labute approximate surface area is 159 Å². The van der Waals surface area contributed by atoms with Crippen LogP contribution in [0.1, 0.15) is 10.4 Å². The first-order chi connectivity index (χ1) is 13.3. The molecule has 0 unspecified atom stereocenters. The standard InChI is InChI=1S/C21H14N4OS/c26-20(24-21-23-16-8-4-5-9-18(16)27-21)15-10-11-25-13-17(22-19(25)12-15)14-6-2-1-3-7-14/h1-13H,(H,23,24,26). The van der Waals surface area contributed by atoms with Gasteiger partial charge in [0, 0.05) is 23.5 Å². The van der Waals surface area contributed by atoms with E-state index in [0.29, 0.717) is 10.7 Å². The molecule has 0 saturated carbocycles. The van der Waals surface area contributed by atoms with Crippen LogP contribution in [0.4, 0.5) is 5.13 Å². The zero-order valence-corrected chi connectivity index (χ0v) is 15.0. The summed E-state index contributed by atoms with van der Waals surface area (Å²) < 4.78 is 2.96. The van der Waals surface area contributed by atoms with Gasteiger partial charge in [0.1, 0.15) is 5.65 Å². The summed E-state index contributed by atoms with van der Waals surface area (Å²) in [5.41, 5.74) is 4.08. The van der Waals surface area contributed by atoms with Gasteiger partial charge in [-0.2, -0.15) is 0 Å². The molecule has 5 aromatic rings. The first kappa shape index (κ1) is 15.7. The number of rotatable bonds is 3. The van der Waals surface area contributed by atoms with Gasteiger partial charge in [-0.15, -0.1) is 0 Å². The van der Waals surface area contributed by atoms with Gasteiger partial charge in [-0.1, -0.05) is 53.8 Å². The third-order valence-electron chi connectivity index (χ3n) is 4.31. The Kier molecular flexibility index (Phi) is 3.69. The number of nitrogens with zero attached hydrogens (tertiary/aromatic N) is 3. The molecule has 0 saturated heterocycles. The number of carbonyl (C=O) groups is 1. The van der Waals surface area contributed by atoms with Gasteiger partial charge in [-0.05, 0) is 24.3 Å². The second kappa shape index (κ2) is 6.34. The number of hydrogen-bond acceptors (Lipinski definition) is 4. The third-order valence-corrected chi connectivity index (χ3v) is 5.26. The van der Waals surface area contributed by atoms with Crippen molar-refractivity contribution in [1.82, 2.24) is 14.4 Å². The van der Waals surface area contributed by atoms with Crippen LogP contribution in [0.3, 0.4) is 0 Å². The lowest BCUT2D eigenvalue weighted by Crippen LogP contribution is -2.11. The molecule has 0 aliphatic carbocycles. The number of amides is 1. The number of para-hydroxylation sites is 1. The predicted octanol–water partition coefficient (Wildman–Crippen LogP) is 4.86. The monoisotopic (exact) mass is 370 g/mol. The summed E-state index contributed by atoms with van der Waals surface area (Å²) in [4.78, 5) is 21.7. The quantitative estimate of drug-likeness (QED) is 0.493. The number of carbonyl (C=O) groups excluding carboxylic acids is 1. The minimum atomic E-state index is -0.194. The SMILES string of the molecule is O=C(Nc1nc2ccccc2s1)c1ccn2cc(-c3ccccc3)nc2c1. The molecular weight excluding hydrogens is 356 g/mol. The van der Waals surface area contributed by atoms with E-state index in [1.807, 2.05) is 71.4 Å². The van der Waals surface area contributed by atoms with Crippen molar-refractivity contribution in [1.29, 1.82) is 0 Å². The molecule has 0 fully saturated rings. The van der Waals surface area contributed by atoms with Gasteiger partial charge in [-0.3, -0.25) is 10.1 Å². The van der Waals surface area contributed by atoms with Gasteiger partial charge < -0.3 is 4.40 Å². The van der Waals surface area contributed by atoms with Crippen LogP contribution < -0.4 is 5.32 Å². The molecule has 1 amide bonds. The molecule has 6 heteroatoms. The van der Waals surface area contributed by atoms with Crippen molar-refractivity contribution < 1.29 is 4.79 Å². The molecule has 0 bridgehead atoms. The lowest BCUT2D eigenvalue weighted by molar-refractivity contribution is 0.102. The molecule has 0 aliphatic rings. The fraction of sp³-hybridized carbons (Fsp3) is 0. The van der Waals surface area contributed by atoms with Crippen LogP contribution in [0.2, 0.25) is 0 Å². The second-order valence-electron chi connectivity index (χ2n) is 6.11. The summed E-state index contributed by atoms with van der Waals surface area (Å²) >= 11 is 1.46. The molecular formula is C21H14N4OS. The average Bonchev–Trinajstić information content (AvgIpc) is 3.31. The lowest BCUT2D eigenvalue weighted by atomic mass is 10.2. The minimum Gasteiger partial charge on any atom is -0.306 e. The largest absolute Gasteiger partial charge is 0.306 e. The predicted molar refractivity (Wildman–Crippen MR) is 108 cm³/mol. The maximum Gasteiger partial charge on any atom is 0.257 e. The van der Waals surface area contributed by atoms with Crippen molar-refractivity contribution in [3.05, 3.63) is 84.7 Å². The Bertz CT molecular complexity index is 1240. The van der Waals surface area contributed by atoms with Gasteiger partial charge in [0.25, 0.3) is 5.91 Å². The van der Waals surface area contributed by atoms with E-state index >= 15 is 0 Å². The highest BCUT2D eigenvalue weighted by Gasteiger charge is 2.12. The second-order valence-corrected chi connectivity index (χ2v) is 7.14. The van der Waals surface area contributed by atoms with E-state index in [2.05, 4.69) is 15.3 Å². The smallest absolute Gasteiger partial charge is 0.257 e. The maximum atomic E-state index is 12.6. The minimum absolute atomic E-state index is 0.194. The van der Waals surface area contributed by atoms with E-state index in [9.17, 15) is 4.79 Å². The summed E-state index contributed by atoms with van der Waals surface area (Å²) in [6.45, 7) is 0. The van der Waals surface area contributed by atoms with E-state index in [1.165, 1.54) is 11.3 Å². The molecule has 5 rings (SSSR count). The highest BCUT2D eigenvalue weighted by atomic mass is 32.1. The molecule has 0 aliphatic heterocycles. The third kappa shape index (κ3) is 2.96. The molecule has 3 aromatic heterocycles. The van der Waals surface area contributed by atoms with Gasteiger partial charge in [0.15, 0.2) is 5.13 Å². The number of anilines is 1. The highest BCUT2D eigenvalue weighted by Crippen LogP contribution is 2.26. The molecule has 2 aromatic carbocycles. The number of pyridine rings is 1. The highest BCUT2D eigenvalue weighted by molar-refractivity contribution is 7.22. The van der Waals surface area contributed by atoms with Crippen LogP contribution in [0.25, 0.3) is 27.1 Å². The topological polar surface area (TPSA) is 59.3 Å². The van der Waals surface area contributed by atoms with Gasteiger partial charge >= 0.3 is 0 Å². The summed E-state index contributed by atoms with van der Waals surface area (Å²) in [7, 11) is 0. The van der Waals surface area contributed by atoms with E-state index < -0.39 is 0 Å². The van der Waals surface area contributed by atoms with Crippen LogP contribution in [0.5, 0.6) is 0 Å². The van der Waals surface area contributed by atoms with E-state index in [-0.39, 0.29) is 5.91 Å². The first-order valence-electron chi connectivity index (χ1n) is 8.47. The Hall–Kier alpha value is -3.51. The molecule has 0 radical (unpaired) electrons. The molecule has 3 heterocycles. The van der Waals surface area contributed by atoms with Crippen LogP contribution in [-0.2, 0) is 0 Å². The Balaban J connectivity index is 1.44. The molecule has 0 spiro atoms. The summed E-state index contributed by atoms with van der Waals surface area (Å²) in [5, 5.41) is 3.47. The van der Waals surface area contributed by atoms with E-state index in [4.69, 9.17) is 0 Å². The molecule has 130 valence electrons. The normalized spacial score (nSPS) is 11.1. The number of imidazole rings is 1. The van der Waals surface area contributed by atoms with Crippen LogP contribution >= 0.6 is 11.3 Å². The number of benzene rings is 2. The van der Waals surface area contributed by atoms with Crippen LogP contribution in [-0.4, -0.2) is 20.3 Å². The number of aromatic nitrogens is 3. The fourth-order valence-corrected chi connectivity index (χ4v) is 3.83. The molecule has 0 atom stereocenters. The fourth-order valence-electron chi connectivity index (χ4n) is 2.97. The van der Waals surface area contributed by atoms with Gasteiger partial charge in [0.2, 0.25) is 0 Å². The molecule has 27 heavy (non-hydrogen) atoms. The maximum absolute atomic E-state index is 12.6. The summed E-state index contributed by atoms with van der Waals surface area (Å²) in [6, 6.07) is 21.4. The molecule has 1 N–H and O–H groups in total. The Morgan fingerprint density at radius 1 is 0.963 bits per heavy atom. The van der Waals surface area contributed by atoms with Crippen molar-refractivity contribution in [3.63, 3.8) is 0 Å². The Morgan fingerprint density at radius 3 is 2.63 bits per heavy atom. The van der Waals surface area contributed by atoms with Crippen molar-refractivity contribution in [2.24, 2.45) is 0 Å². The van der Waals surface area contributed by atoms with Crippen molar-refractivity contribution in [3.8, 4) is 11.3 Å². The molecule has 5 nitrogen and oxygen atoms in total. The Morgan fingerprint density at radius 2 is 1.78 bits per heavy atom.